The molecule has 3 N–H and O–H groups in total. The first-order valence-electron chi connectivity index (χ1n) is 8.04. The molecule has 0 saturated carbocycles. The summed E-state index contributed by atoms with van der Waals surface area (Å²) < 4.78 is 1.02. The Labute approximate surface area is 158 Å². The Bertz CT molecular complexity index is 762. The smallest absolute Gasteiger partial charge is 0.233 e. The van der Waals surface area contributed by atoms with E-state index in [4.69, 9.17) is 5.73 Å². The Balaban J connectivity index is 1.56. The number of piperidine rings is 1. The van der Waals surface area contributed by atoms with Crippen LogP contribution in [0.3, 0.4) is 0 Å². The average Bonchev–Trinajstić information content (AvgIpc) is 3.09. The highest BCUT2D eigenvalue weighted by Gasteiger charge is 2.26. The van der Waals surface area contributed by atoms with E-state index in [2.05, 4.69) is 25.9 Å². The van der Waals surface area contributed by atoms with Crippen LogP contribution in [0.4, 0.5) is 0 Å². The van der Waals surface area contributed by atoms with E-state index in [1.165, 1.54) is 11.8 Å². The molecule has 1 atom stereocenters. The maximum absolute atomic E-state index is 12.4. The molecule has 1 aliphatic rings. The number of amides is 2. The third-order valence-corrected chi connectivity index (χ3v) is 5.62. The third-order valence-electron chi connectivity index (χ3n) is 4.22. The van der Waals surface area contributed by atoms with Gasteiger partial charge in [-0.15, -0.1) is 0 Å². The molecule has 1 aromatic heterocycles. The number of hydrogen-bond acceptors (Lipinski definition) is 4. The first-order chi connectivity index (χ1) is 12.0. The summed E-state index contributed by atoms with van der Waals surface area (Å²) in [4.78, 5) is 33.0. The summed E-state index contributed by atoms with van der Waals surface area (Å²) in [5.74, 6) is -0.248. The molecular formula is C17H19BrN4O2S. The maximum atomic E-state index is 12.4. The number of thioether (sulfide) groups is 1. The average molecular weight is 423 g/mol. The third kappa shape index (κ3) is 4.64. The molecule has 1 fully saturated rings. The van der Waals surface area contributed by atoms with Crippen LogP contribution >= 0.6 is 27.7 Å². The Kier molecular flexibility index (Phi) is 5.80. The van der Waals surface area contributed by atoms with Crippen LogP contribution in [-0.2, 0) is 9.59 Å². The van der Waals surface area contributed by atoms with Gasteiger partial charge >= 0.3 is 0 Å². The van der Waals surface area contributed by atoms with Crippen molar-refractivity contribution in [3.05, 3.63) is 34.9 Å². The zero-order chi connectivity index (χ0) is 17.8. The van der Waals surface area contributed by atoms with Crippen LogP contribution in [0.5, 0.6) is 0 Å². The van der Waals surface area contributed by atoms with E-state index in [-0.39, 0.29) is 17.7 Å². The van der Waals surface area contributed by atoms with Crippen LogP contribution in [0.1, 0.15) is 12.8 Å². The van der Waals surface area contributed by atoms with Gasteiger partial charge in [-0.1, -0.05) is 39.8 Å². The van der Waals surface area contributed by atoms with Crippen LogP contribution < -0.4 is 5.73 Å². The summed E-state index contributed by atoms with van der Waals surface area (Å²) in [5, 5.41) is 0.703. The molecule has 2 heterocycles. The number of likely N-dealkylation sites (tertiary alicyclic amines) is 1. The van der Waals surface area contributed by atoms with Crippen molar-refractivity contribution in [3.63, 3.8) is 0 Å². The molecule has 8 heteroatoms. The highest BCUT2D eigenvalue weighted by molar-refractivity contribution is 9.10. The van der Waals surface area contributed by atoms with Gasteiger partial charge < -0.3 is 15.6 Å². The fourth-order valence-electron chi connectivity index (χ4n) is 2.81. The van der Waals surface area contributed by atoms with Gasteiger partial charge in [0, 0.05) is 17.6 Å². The summed E-state index contributed by atoms with van der Waals surface area (Å²) in [6, 6.07) is 7.93. The zero-order valence-electron chi connectivity index (χ0n) is 13.6. The topological polar surface area (TPSA) is 92.1 Å². The van der Waals surface area contributed by atoms with Crippen molar-refractivity contribution in [2.24, 2.45) is 11.7 Å². The van der Waals surface area contributed by atoms with Crippen molar-refractivity contribution in [1.29, 1.82) is 0 Å². The number of carbonyl (C=O) groups excluding carboxylic acids is 2. The lowest BCUT2D eigenvalue weighted by Crippen LogP contribution is -2.44. The van der Waals surface area contributed by atoms with Crippen LogP contribution in [0, 0.1) is 5.92 Å². The number of nitrogens with one attached hydrogen (secondary N) is 1. The number of aromatic amines is 1. The van der Waals surface area contributed by atoms with Crippen molar-refractivity contribution in [2.45, 2.75) is 18.0 Å². The Morgan fingerprint density at radius 2 is 2.12 bits per heavy atom. The number of aromatic nitrogens is 2. The number of primary amides is 1. The Hall–Kier alpha value is -1.80. The summed E-state index contributed by atoms with van der Waals surface area (Å²) >= 11 is 4.78. The van der Waals surface area contributed by atoms with Gasteiger partial charge in [0.1, 0.15) is 0 Å². The summed E-state index contributed by atoms with van der Waals surface area (Å²) in [5.41, 5.74) is 7.31. The first kappa shape index (κ1) is 18.0. The summed E-state index contributed by atoms with van der Waals surface area (Å²) in [6.07, 6.45) is 3.35. The largest absolute Gasteiger partial charge is 0.369 e. The minimum absolute atomic E-state index is 0.0116. The van der Waals surface area contributed by atoms with Gasteiger partial charge in [0.2, 0.25) is 11.8 Å². The van der Waals surface area contributed by atoms with Gasteiger partial charge in [-0.2, -0.15) is 0 Å². The number of nitrogens with two attached hydrogens (primary N) is 1. The molecule has 0 spiro atoms. The number of hydrogen-bond donors (Lipinski definition) is 2. The number of halogens is 1. The first-order valence-corrected chi connectivity index (χ1v) is 9.81. The van der Waals surface area contributed by atoms with Crippen LogP contribution in [0.2, 0.25) is 0 Å². The van der Waals surface area contributed by atoms with Gasteiger partial charge in [0.05, 0.1) is 23.6 Å². The lowest BCUT2D eigenvalue weighted by Gasteiger charge is -2.31. The van der Waals surface area contributed by atoms with E-state index < -0.39 is 0 Å². The highest BCUT2D eigenvalue weighted by atomic mass is 79.9. The number of imidazole rings is 1. The monoisotopic (exact) mass is 422 g/mol. The minimum Gasteiger partial charge on any atom is -0.369 e. The molecule has 1 aromatic carbocycles. The Morgan fingerprint density at radius 1 is 1.36 bits per heavy atom. The molecule has 25 heavy (non-hydrogen) atoms. The quantitative estimate of drug-likeness (QED) is 0.724. The van der Waals surface area contributed by atoms with E-state index >= 15 is 0 Å². The molecule has 0 radical (unpaired) electrons. The van der Waals surface area contributed by atoms with Gasteiger partial charge in [0.15, 0.2) is 5.16 Å². The number of H-pyrrole nitrogens is 1. The van der Waals surface area contributed by atoms with Crippen LogP contribution in [0.25, 0.3) is 11.3 Å². The van der Waals surface area contributed by atoms with Crippen molar-refractivity contribution >= 4 is 39.5 Å². The predicted molar refractivity (Wildman–Crippen MR) is 101 cm³/mol. The number of carbonyl (C=O) groups is 2. The number of rotatable bonds is 5. The molecule has 2 aromatic rings. The van der Waals surface area contributed by atoms with Crippen molar-refractivity contribution < 1.29 is 9.59 Å². The van der Waals surface area contributed by atoms with Crippen LogP contribution in [-0.4, -0.2) is 45.5 Å². The lowest BCUT2D eigenvalue weighted by atomic mass is 9.97. The van der Waals surface area contributed by atoms with E-state index in [1.807, 2.05) is 24.3 Å². The van der Waals surface area contributed by atoms with Gasteiger partial charge in [-0.3, -0.25) is 9.59 Å². The Morgan fingerprint density at radius 3 is 2.84 bits per heavy atom. The van der Waals surface area contributed by atoms with Crippen molar-refractivity contribution in [2.75, 3.05) is 18.8 Å². The fraction of sp³-hybridized carbons (Fsp3) is 0.353. The predicted octanol–water partition coefficient (Wildman–Crippen LogP) is 2.66. The van der Waals surface area contributed by atoms with E-state index in [0.717, 1.165) is 28.6 Å². The number of benzene rings is 1. The SMILES string of the molecule is NC(=O)C1CCCN(C(=O)CSc2ncc(-c3ccc(Br)cc3)[nH]2)C1. The van der Waals surface area contributed by atoms with Crippen molar-refractivity contribution in [3.8, 4) is 11.3 Å². The minimum atomic E-state index is -0.324. The second-order valence-electron chi connectivity index (χ2n) is 5.98. The molecule has 6 nitrogen and oxygen atoms in total. The fourth-order valence-corrected chi connectivity index (χ4v) is 3.83. The van der Waals surface area contributed by atoms with E-state index in [1.54, 1.807) is 11.1 Å². The zero-order valence-corrected chi connectivity index (χ0v) is 16.0. The van der Waals surface area contributed by atoms with Gasteiger partial charge in [-0.25, -0.2) is 4.98 Å². The standard InChI is InChI=1S/C17H19BrN4O2S/c18-13-5-3-11(4-6-13)14-8-20-17(21-14)25-10-15(23)22-7-1-2-12(9-22)16(19)24/h3-6,8,12H,1-2,7,9-10H2,(H2,19,24)(H,20,21). The molecule has 1 unspecified atom stereocenters. The molecule has 3 rings (SSSR count). The molecule has 1 aliphatic heterocycles. The summed E-state index contributed by atoms with van der Waals surface area (Å²) in [7, 11) is 0. The van der Waals surface area contributed by atoms with Crippen molar-refractivity contribution in [1.82, 2.24) is 14.9 Å². The normalized spacial score (nSPS) is 17.5. The summed E-state index contributed by atoms with van der Waals surface area (Å²) in [6.45, 7) is 1.11. The second kappa shape index (κ2) is 8.05. The molecule has 132 valence electrons. The molecule has 2 amide bonds. The lowest BCUT2D eigenvalue weighted by molar-refractivity contribution is -0.132. The molecule has 1 saturated heterocycles. The second-order valence-corrected chi connectivity index (χ2v) is 7.86. The highest BCUT2D eigenvalue weighted by Crippen LogP contribution is 2.24. The van der Waals surface area contributed by atoms with E-state index in [9.17, 15) is 9.59 Å². The molecule has 0 aliphatic carbocycles. The molecule has 0 bridgehead atoms. The van der Waals surface area contributed by atoms with Crippen LogP contribution in [0.15, 0.2) is 40.1 Å². The van der Waals surface area contributed by atoms with Gasteiger partial charge in [0.25, 0.3) is 0 Å². The van der Waals surface area contributed by atoms with E-state index in [0.29, 0.717) is 24.0 Å². The maximum Gasteiger partial charge on any atom is 0.233 e. The number of nitrogens with zero attached hydrogens (tertiary/aromatic N) is 2. The van der Waals surface area contributed by atoms with Gasteiger partial charge in [-0.05, 0) is 30.5 Å². The molecular weight excluding hydrogens is 404 g/mol.